The topological polar surface area (TPSA) is 43.4 Å². The first-order valence-electron chi connectivity index (χ1n) is 4.01. The summed E-state index contributed by atoms with van der Waals surface area (Å²) in [5.74, 6) is 0.518. The third-order valence-corrected chi connectivity index (χ3v) is 3.77. The highest BCUT2D eigenvalue weighted by Gasteiger charge is 2.12. The van der Waals surface area contributed by atoms with E-state index in [0.717, 1.165) is 0 Å². The monoisotopic (exact) mass is 388 g/mol. The number of benzene rings is 1. The molecule has 0 aliphatic carbocycles. The number of rotatable bonds is 4. The van der Waals surface area contributed by atoms with Gasteiger partial charge in [-0.15, -0.1) is 0 Å². The Labute approximate surface area is 115 Å². The molecule has 0 fully saturated rings. The Morgan fingerprint density at radius 1 is 1.50 bits per heavy atom. The van der Waals surface area contributed by atoms with E-state index < -0.39 is 9.05 Å². The van der Waals surface area contributed by atoms with Crippen LogP contribution in [0.3, 0.4) is 0 Å². The van der Waals surface area contributed by atoms with Crippen molar-refractivity contribution >= 4 is 51.6 Å². The molecule has 0 aromatic heterocycles. The van der Waals surface area contributed by atoms with Crippen LogP contribution in [0.5, 0.6) is 5.75 Å². The minimum Gasteiger partial charge on any atom is -0.487 e. The number of hydrogen-bond donors (Lipinski definition) is 0. The molecular formula is C9H7Br2ClO3S. The molecule has 0 aliphatic rings. The van der Waals surface area contributed by atoms with Gasteiger partial charge >= 0.3 is 0 Å². The average molecular weight is 390 g/mol. The molecule has 0 atom stereocenters. The van der Waals surface area contributed by atoms with E-state index >= 15 is 0 Å². The second kappa shape index (κ2) is 5.53. The van der Waals surface area contributed by atoms with Gasteiger partial charge in [0.05, 0.1) is 9.37 Å². The second-order valence-corrected chi connectivity index (χ2v) is 7.38. The van der Waals surface area contributed by atoms with Gasteiger partial charge in [-0.2, -0.15) is 0 Å². The van der Waals surface area contributed by atoms with Crippen molar-refractivity contribution in [3.63, 3.8) is 0 Å². The summed E-state index contributed by atoms with van der Waals surface area (Å²) in [6, 6.07) is 4.28. The summed E-state index contributed by atoms with van der Waals surface area (Å²) in [4.78, 5) is 0.0195. The van der Waals surface area contributed by atoms with E-state index in [1.165, 1.54) is 18.2 Å². The van der Waals surface area contributed by atoms with Gasteiger partial charge in [0, 0.05) is 15.2 Å². The summed E-state index contributed by atoms with van der Waals surface area (Å²) in [5, 5.41) is 0. The highest BCUT2D eigenvalue weighted by Crippen LogP contribution is 2.29. The van der Waals surface area contributed by atoms with Crippen LogP contribution >= 0.6 is 42.5 Å². The van der Waals surface area contributed by atoms with Gasteiger partial charge in [-0.05, 0) is 34.1 Å². The molecule has 1 rings (SSSR count). The van der Waals surface area contributed by atoms with Crippen LogP contribution in [0, 0.1) is 0 Å². The maximum Gasteiger partial charge on any atom is 0.261 e. The third-order valence-electron chi connectivity index (χ3n) is 1.57. The summed E-state index contributed by atoms with van der Waals surface area (Å²) < 4.78 is 28.6. The molecule has 0 amide bonds. The first-order chi connectivity index (χ1) is 7.30. The molecule has 0 heterocycles. The molecule has 0 radical (unpaired) electrons. The van der Waals surface area contributed by atoms with E-state index in [2.05, 4.69) is 38.4 Å². The standard InChI is InChI=1S/C9H7Br2ClO3S/c1-6(10)5-15-9-3-2-7(4-8(9)11)16(12,13)14/h2-4H,1,5H2. The SMILES string of the molecule is C=C(Br)COc1ccc(S(=O)(=O)Cl)cc1Br. The molecule has 0 bridgehead atoms. The molecule has 7 heteroatoms. The van der Waals surface area contributed by atoms with Gasteiger partial charge < -0.3 is 4.74 Å². The Morgan fingerprint density at radius 2 is 2.12 bits per heavy atom. The molecule has 16 heavy (non-hydrogen) atoms. The van der Waals surface area contributed by atoms with Crippen LogP contribution in [-0.4, -0.2) is 15.0 Å². The van der Waals surface area contributed by atoms with Crippen molar-refractivity contribution in [3.05, 3.63) is 33.7 Å². The fraction of sp³-hybridized carbons (Fsp3) is 0.111. The summed E-state index contributed by atoms with van der Waals surface area (Å²) in [5.41, 5.74) is 0. The molecule has 1 aromatic rings. The number of ether oxygens (including phenoxy) is 1. The number of hydrogen-bond acceptors (Lipinski definition) is 3. The summed E-state index contributed by atoms with van der Waals surface area (Å²) >= 11 is 6.35. The molecular weight excluding hydrogens is 383 g/mol. The van der Waals surface area contributed by atoms with E-state index in [0.29, 0.717) is 21.3 Å². The van der Waals surface area contributed by atoms with Gasteiger partial charge in [0.25, 0.3) is 9.05 Å². The van der Waals surface area contributed by atoms with E-state index in [1.807, 2.05) is 0 Å². The zero-order valence-corrected chi connectivity index (χ0v) is 12.7. The van der Waals surface area contributed by atoms with E-state index in [9.17, 15) is 8.42 Å². The molecule has 88 valence electrons. The third kappa shape index (κ3) is 4.08. The maximum absolute atomic E-state index is 11.0. The van der Waals surface area contributed by atoms with Crippen molar-refractivity contribution < 1.29 is 13.2 Å². The predicted molar refractivity (Wildman–Crippen MR) is 70.7 cm³/mol. The minimum atomic E-state index is -3.71. The maximum atomic E-state index is 11.0. The molecule has 1 aromatic carbocycles. The predicted octanol–water partition coefficient (Wildman–Crippen LogP) is 3.66. The van der Waals surface area contributed by atoms with Gasteiger partial charge in [0.15, 0.2) is 0 Å². The summed E-state index contributed by atoms with van der Waals surface area (Å²) in [7, 11) is 1.49. The van der Waals surface area contributed by atoms with Gasteiger partial charge in [0.2, 0.25) is 0 Å². The quantitative estimate of drug-likeness (QED) is 0.737. The highest BCUT2D eigenvalue weighted by atomic mass is 79.9. The lowest BCUT2D eigenvalue weighted by Gasteiger charge is -2.07. The van der Waals surface area contributed by atoms with Crippen molar-refractivity contribution in [1.82, 2.24) is 0 Å². The highest BCUT2D eigenvalue weighted by molar-refractivity contribution is 9.11. The van der Waals surface area contributed by atoms with Gasteiger partial charge in [0.1, 0.15) is 12.4 Å². The first-order valence-corrected chi connectivity index (χ1v) is 7.90. The Bertz CT molecular complexity index is 513. The molecule has 0 N–H and O–H groups in total. The van der Waals surface area contributed by atoms with Crippen molar-refractivity contribution in [1.29, 1.82) is 0 Å². The Kier molecular flexibility index (Phi) is 4.85. The largest absolute Gasteiger partial charge is 0.487 e. The Balaban J connectivity index is 2.96. The molecule has 0 saturated heterocycles. The van der Waals surface area contributed by atoms with E-state index in [1.54, 1.807) is 0 Å². The zero-order valence-electron chi connectivity index (χ0n) is 7.91. The normalized spacial score (nSPS) is 11.2. The Morgan fingerprint density at radius 3 is 2.56 bits per heavy atom. The molecule has 0 saturated carbocycles. The van der Waals surface area contributed by atoms with Crippen molar-refractivity contribution in [2.24, 2.45) is 0 Å². The van der Waals surface area contributed by atoms with Gasteiger partial charge in [-0.1, -0.05) is 22.5 Å². The zero-order chi connectivity index (χ0) is 12.3. The van der Waals surface area contributed by atoms with Crippen molar-refractivity contribution in [2.75, 3.05) is 6.61 Å². The van der Waals surface area contributed by atoms with Gasteiger partial charge in [-0.3, -0.25) is 0 Å². The van der Waals surface area contributed by atoms with Crippen LogP contribution in [0.15, 0.2) is 38.6 Å². The minimum absolute atomic E-state index is 0.0195. The lowest BCUT2D eigenvalue weighted by Crippen LogP contribution is -1.98. The summed E-state index contributed by atoms with van der Waals surface area (Å²) in [6.07, 6.45) is 0. The summed E-state index contributed by atoms with van der Waals surface area (Å²) in [6.45, 7) is 3.91. The van der Waals surface area contributed by atoms with Crippen LogP contribution in [0.25, 0.3) is 0 Å². The van der Waals surface area contributed by atoms with Crippen molar-refractivity contribution in [2.45, 2.75) is 4.90 Å². The number of halogens is 3. The van der Waals surface area contributed by atoms with Gasteiger partial charge in [-0.25, -0.2) is 8.42 Å². The molecule has 0 spiro atoms. The van der Waals surface area contributed by atoms with Crippen molar-refractivity contribution in [3.8, 4) is 5.75 Å². The lowest BCUT2D eigenvalue weighted by molar-refractivity contribution is 0.358. The van der Waals surface area contributed by atoms with Crippen LogP contribution < -0.4 is 4.74 Å². The first kappa shape index (κ1) is 14.0. The lowest BCUT2D eigenvalue weighted by atomic mass is 10.3. The smallest absolute Gasteiger partial charge is 0.261 e. The molecule has 0 unspecified atom stereocenters. The second-order valence-electron chi connectivity index (χ2n) is 2.84. The fourth-order valence-electron chi connectivity index (χ4n) is 0.906. The van der Waals surface area contributed by atoms with E-state index in [-0.39, 0.29) is 4.90 Å². The van der Waals surface area contributed by atoms with Crippen LogP contribution in [0.4, 0.5) is 0 Å². The van der Waals surface area contributed by atoms with Crippen LogP contribution in [0.1, 0.15) is 0 Å². The molecule has 3 nitrogen and oxygen atoms in total. The van der Waals surface area contributed by atoms with Crippen LogP contribution in [0.2, 0.25) is 0 Å². The molecule has 0 aliphatic heterocycles. The Hall–Kier alpha value is -0.0400. The van der Waals surface area contributed by atoms with E-state index in [4.69, 9.17) is 15.4 Å². The van der Waals surface area contributed by atoms with Crippen LogP contribution in [-0.2, 0) is 9.05 Å². The average Bonchev–Trinajstić information content (AvgIpc) is 2.14. The fourth-order valence-corrected chi connectivity index (χ4v) is 2.44.